The van der Waals surface area contributed by atoms with Gasteiger partial charge in [-0.1, -0.05) is 59.6 Å². The van der Waals surface area contributed by atoms with Crippen molar-refractivity contribution >= 4 is 46.2 Å². The van der Waals surface area contributed by atoms with Gasteiger partial charge in [-0.05, 0) is 53.1 Å². The quantitative estimate of drug-likeness (QED) is 0.515. The van der Waals surface area contributed by atoms with Gasteiger partial charge < -0.3 is 10.1 Å². The lowest BCUT2D eigenvalue weighted by atomic mass is 9.61. The minimum absolute atomic E-state index is 0.0379. The van der Waals surface area contributed by atoms with Gasteiger partial charge in [0.05, 0.1) is 7.11 Å². The SMILES string of the molecule is COc1cccc(C2=C[C@]3(C(=O)Nc4cc(Cl)ccc43)[C@H](c3cccc(Cl)c3)CC2=O)c1. The molecule has 2 aliphatic rings. The number of hydrogen-bond acceptors (Lipinski definition) is 3. The Balaban J connectivity index is 1.78. The van der Waals surface area contributed by atoms with Crippen LogP contribution < -0.4 is 10.1 Å². The second kappa shape index (κ2) is 7.80. The number of halogens is 2. The average molecular weight is 464 g/mol. The van der Waals surface area contributed by atoms with Crippen LogP contribution in [0.15, 0.2) is 72.8 Å². The van der Waals surface area contributed by atoms with Crippen LogP contribution in [0, 0.1) is 0 Å². The number of fused-ring (bicyclic) bond motifs is 2. The molecule has 2 atom stereocenters. The highest BCUT2D eigenvalue weighted by Gasteiger charge is 2.54. The second-order valence-corrected chi connectivity index (χ2v) is 8.91. The van der Waals surface area contributed by atoms with Crippen molar-refractivity contribution in [1.82, 2.24) is 0 Å². The zero-order valence-electron chi connectivity index (χ0n) is 17.2. The van der Waals surface area contributed by atoms with E-state index in [2.05, 4.69) is 5.32 Å². The van der Waals surface area contributed by atoms with E-state index in [9.17, 15) is 9.59 Å². The Hall–Kier alpha value is -3.08. The highest BCUT2D eigenvalue weighted by molar-refractivity contribution is 6.31. The van der Waals surface area contributed by atoms with Crippen molar-refractivity contribution in [3.05, 3.63) is 99.5 Å². The second-order valence-electron chi connectivity index (χ2n) is 8.04. The number of nitrogens with one attached hydrogen (secondary N) is 1. The van der Waals surface area contributed by atoms with Crippen LogP contribution in [0.1, 0.15) is 29.0 Å². The summed E-state index contributed by atoms with van der Waals surface area (Å²) in [5.41, 5.74) is 2.44. The fourth-order valence-corrected chi connectivity index (χ4v) is 5.19. The molecule has 0 saturated heterocycles. The minimum Gasteiger partial charge on any atom is -0.497 e. The van der Waals surface area contributed by atoms with E-state index in [-0.39, 0.29) is 18.1 Å². The lowest BCUT2D eigenvalue weighted by Crippen LogP contribution is -2.43. The molecule has 3 aromatic rings. The summed E-state index contributed by atoms with van der Waals surface area (Å²) in [7, 11) is 1.58. The van der Waals surface area contributed by atoms with Gasteiger partial charge in [0.15, 0.2) is 5.78 Å². The predicted molar refractivity (Wildman–Crippen MR) is 127 cm³/mol. The van der Waals surface area contributed by atoms with Crippen molar-refractivity contribution in [2.45, 2.75) is 17.8 Å². The molecule has 0 fully saturated rings. The van der Waals surface area contributed by atoms with Gasteiger partial charge in [0.2, 0.25) is 5.91 Å². The lowest BCUT2D eigenvalue weighted by Gasteiger charge is -2.38. The Kier molecular flexibility index (Phi) is 5.07. The van der Waals surface area contributed by atoms with E-state index in [4.69, 9.17) is 27.9 Å². The zero-order chi connectivity index (χ0) is 22.5. The van der Waals surface area contributed by atoms with E-state index in [1.165, 1.54) is 0 Å². The molecular weight excluding hydrogens is 445 g/mol. The summed E-state index contributed by atoms with van der Waals surface area (Å²) < 4.78 is 5.34. The van der Waals surface area contributed by atoms with E-state index in [1.54, 1.807) is 25.3 Å². The third kappa shape index (κ3) is 3.22. The van der Waals surface area contributed by atoms with Crippen molar-refractivity contribution in [2.75, 3.05) is 12.4 Å². The number of Topliss-reactive ketones (excluding diaryl/α,β-unsaturated/α-hetero) is 1. The number of allylic oxidation sites excluding steroid dienone is 1. The van der Waals surface area contributed by atoms with Crippen LogP contribution in [0.4, 0.5) is 5.69 Å². The van der Waals surface area contributed by atoms with Crippen molar-refractivity contribution in [2.24, 2.45) is 0 Å². The van der Waals surface area contributed by atoms with Gasteiger partial charge in [-0.3, -0.25) is 9.59 Å². The van der Waals surface area contributed by atoms with Crippen LogP contribution in [0.3, 0.4) is 0 Å². The van der Waals surface area contributed by atoms with Crippen molar-refractivity contribution in [3.63, 3.8) is 0 Å². The van der Waals surface area contributed by atoms with E-state index in [0.717, 1.165) is 11.1 Å². The van der Waals surface area contributed by atoms with Gasteiger partial charge in [0.25, 0.3) is 0 Å². The summed E-state index contributed by atoms with van der Waals surface area (Å²) in [6.45, 7) is 0. The largest absolute Gasteiger partial charge is 0.497 e. The first-order valence-electron chi connectivity index (χ1n) is 10.2. The number of anilines is 1. The van der Waals surface area contributed by atoms with E-state index in [1.807, 2.05) is 54.6 Å². The molecule has 160 valence electrons. The number of ether oxygens (including phenoxy) is 1. The molecule has 1 heterocycles. The van der Waals surface area contributed by atoms with Crippen LogP contribution >= 0.6 is 23.2 Å². The van der Waals surface area contributed by atoms with Crippen molar-refractivity contribution in [3.8, 4) is 5.75 Å². The van der Waals surface area contributed by atoms with Crippen LogP contribution in [0.2, 0.25) is 10.0 Å². The number of benzene rings is 3. The van der Waals surface area contributed by atoms with Crippen LogP contribution in [-0.2, 0) is 15.0 Å². The Morgan fingerprint density at radius 1 is 0.969 bits per heavy atom. The maximum atomic E-state index is 13.6. The molecule has 1 aliphatic carbocycles. The van der Waals surface area contributed by atoms with Crippen LogP contribution in [0.5, 0.6) is 5.75 Å². The Morgan fingerprint density at radius 2 is 1.75 bits per heavy atom. The third-order valence-corrected chi connectivity index (χ3v) is 6.76. The predicted octanol–water partition coefficient (Wildman–Crippen LogP) is 6.03. The molecule has 0 radical (unpaired) electrons. The summed E-state index contributed by atoms with van der Waals surface area (Å²) in [5.74, 6) is 0.00691. The summed E-state index contributed by atoms with van der Waals surface area (Å²) >= 11 is 12.5. The van der Waals surface area contributed by atoms with Crippen molar-refractivity contribution < 1.29 is 14.3 Å². The summed E-state index contributed by atoms with van der Waals surface area (Å²) in [5, 5.41) is 4.08. The Labute approximate surface area is 195 Å². The molecule has 1 amide bonds. The number of rotatable bonds is 3. The minimum atomic E-state index is -1.07. The first-order chi connectivity index (χ1) is 15.4. The molecule has 4 nitrogen and oxygen atoms in total. The van der Waals surface area contributed by atoms with Gasteiger partial charge in [-0.25, -0.2) is 0 Å². The molecular formula is C26H19Cl2NO3. The van der Waals surface area contributed by atoms with E-state index < -0.39 is 11.3 Å². The summed E-state index contributed by atoms with van der Waals surface area (Å²) in [6, 6.07) is 20.1. The van der Waals surface area contributed by atoms with Gasteiger partial charge in [-0.2, -0.15) is 0 Å². The molecule has 6 heteroatoms. The fourth-order valence-electron chi connectivity index (χ4n) is 4.82. The molecule has 1 N–H and O–H groups in total. The van der Waals surface area contributed by atoms with Crippen LogP contribution in [-0.4, -0.2) is 18.8 Å². The highest BCUT2D eigenvalue weighted by Crippen LogP contribution is 2.54. The fraction of sp³-hybridized carbons (Fsp3) is 0.154. The number of carbonyl (C=O) groups is 2. The van der Waals surface area contributed by atoms with Gasteiger partial charge >= 0.3 is 0 Å². The van der Waals surface area contributed by atoms with Gasteiger partial charge in [0, 0.05) is 33.6 Å². The monoisotopic (exact) mass is 463 g/mol. The summed E-state index contributed by atoms with van der Waals surface area (Å²) in [6.07, 6.45) is 1.98. The first-order valence-corrected chi connectivity index (χ1v) is 11.0. The molecule has 0 saturated carbocycles. The topological polar surface area (TPSA) is 55.4 Å². The summed E-state index contributed by atoms with van der Waals surface area (Å²) in [4.78, 5) is 27.0. The standard InChI is InChI=1S/C26H19Cl2NO3/c1-32-19-7-3-4-15(11-19)20-14-26(21-9-8-18(28)12-23(21)29-25(26)31)22(13-24(20)30)16-5-2-6-17(27)10-16/h2-12,14,22H,13H2,1H3,(H,29,31)/t22-,26+/m0/s1. The van der Waals surface area contributed by atoms with Gasteiger partial charge in [0.1, 0.15) is 11.2 Å². The molecule has 1 spiro atoms. The number of hydrogen-bond donors (Lipinski definition) is 1. The van der Waals surface area contributed by atoms with Gasteiger partial charge in [-0.15, -0.1) is 0 Å². The smallest absolute Gasteiger partial charge is 0.239 e. The maximum Gasteiger partial charge on any atom is 0.239 e. The Morgan fingerprint density at radius 3 is 2.53 bits per heavy atom. The number of methoxy groups -OCH3 is 1. The zero-order valence-corrected chi connectivity index (χ0v) is 18.7. The first kappa shape index (κ1) is 20.8. The molecule has 0 aromatic heterocycles. The Bertz CT molecular complexity index is 1300. The molecule has 0 bridgehead atoms. The molecule has 32 heavy (non-hydrogen) atoms. The van der Waals surface area contributed by atoms with Crippen molar-refractivity contribution in [1.29, 1.82) is 0 Å². The molecule has 1 aliphatic heterocycles. The van der Waals surface area contributed by atoms with Crippen LogP contribution in [0.25, 0.3) is 5.57 Å². The maximum absolute atomic E-state index is 13.6. The number of amides is 1. The van der Waals surface area contributed by atoms with E-state index in [0.29, 0.717) is 32.6 Å². The lowest BCUT2D eigenvalue weighted by molar-refractivity contribution is -0.121. The van der Waals surface area contributed by atoms with E-state index >= 15 is 0 Å². The molecule has 3 aromatic carbocycles. The average Bonchev–Trinajstić information content (AvgIpc) is 3.05. The highest BCUT2D eigenvalue weighted by atomic mass is 35.5. The normalized spacial score (nSPS) is 21.8. The molecule has 0 unspecified atom stereocenters. The third-order valence-electron chi connectivity index (χ3n) is 6.29. The number of carbonyl (C=O) groups excluding carboxylic acids is 2. The molecule has 5 rings (SSSR count). The number of ketones is 1.